The Balaban J connectivity index is 3.16. The molecule has 0 aliphatic carbocycles. The Labute approximate surface area is 89.6 Å². The normalized spacial score (nSPS) is 10.4. The molecule has 0 aromatic carbocycles. The summed E-state index contributed by atoms with van der Waals surface area (Å²) in [5.74, 6) is -0.982. The van der Waals surface area contributed by atoms with E-state index in [1.807, 2.05) is 25.7 Å². The fourth-order valence-electron chi connectivity index (χ4n) is 1.61. The van der Waals surface area contributed by atoms with Crippen molar-refractivity contribution in [1.82, 2.24) is 4.98 Å². The minimum absolute atomic E-state index is 0.119. The second-order valence-corrected chi connectivity index (χ2v) is 3.56. The van der Waals surface area contributed by atoms with Crippen molar-refractivity contribution >= 4 is 11.7 Å². The van der Waals surface area contributed by atoms with Gasteiger partial charge in [-0.25, -0.2) is 9.78 Å². The lowest BCUT2D eigenvalue weighted by Crippen LogP contribution is -2.32. The molecule has 0 unspecified atom stereocenters. The predicted molar refractivity (Wildman–Crippen MR) is 59.4 cm³/mol. The summed E-state index contributed by atoms with van der Waals surface area (Å²) in [7, 11) is 0. The molecule has 0 aliphatic rings. The molecular weight excluding hydrogens is 192 g/mol. The third-order valence-electron chi connectivity index (χ3n) is 2.26. The van der Waals surface area contributed by atoms with Gasteiger partial charge in [-0.1, -0.05) is 0 Å². The maximum Gasteiger partial charge on any atom is 0.356 e. The van der Waals surface area contributed by atoms with Crippen molar-refractivity contribution in [3.8, 4) is 0 Å². The van der Waals surface area contributed by atoms with Crippen LogP contribution in [-0.2, 0) is 0 Å². The molecule has 0 saturated carbocycles. The van der Waals surface area contributed by atoms with Crippen LogP contribution in [0.4, 0.5) is 5.69 Å². The summed E-state index contributed by atoms with van der Waals surface area (Å²) >= 11 is 0. The van der Waals surface area contributed by atoms with E-state index < -0.39 is 5.97 Å². The highest BCUT2D eigenvalue weighted by atomic mass is 16.4. The van der Waals surface area contributed by atoms with E-state index in [1.54, 1.807) is 12.1 Å². The van der Waals surface area contributed by atoms with Gasteiger partial charge >= 0.3 is 5.97 Å². The monoisotopic (exact) mass is 208 g/mol. The second kappa shape index (κ2) is 4.77. The average Bonchev–Trinajstić information content (AvgIpc) is 2.18. The van der Waals surface area contributed by atoms with Gasteiger partial charge in [0.15, 0.2) is 5.69 Å². The molecule has 0 saturated heterocycles. The Morgan fingerprint density at radius 2 is 2.27 bits per heavy atom. The first-order valence-corrected chi connectivity index (χ1v) is 5.02. The first kappa shape index (κ1) is 11.5. The van der Waals surface area contributed by atoms with Gasteiger partial charge < -0.3 is 10.0 Å². The molecular formula is C11H16N2O2. The van der Waals surface area contributed by atoms with Crippen LogP contribution in [0, 0.1) is 0 Å². The topological polar surface area (TPSA) is 53.4 Å². The van der Waals surface area contributed by atoms with E-state index in [2.05, 4.69) is 4.98 Å². The number of carboxylic acids is 1. The molecule has 1 aromatic rings. The summed E-state index contributed by atoms with van der Waals surface area (Å²) in [6.45, 7) is 6.83. The van der Waals surface area contributed by atoms with E-state index in [4.69, 9.17) is 5.11 Å². The summed E-state index contributed by atoms with van der Waals surface area (Å²) in [5.41, 5.74) is 0.801. The Bertz CT molecular complexity index is 350. The number of hydrogen-bond donors (Lipinski definition) is 1. The van der Waals surface area contributed by atoms with Crippen molar-refractivity contribution in [2.24, 2.45) is 0 Å². The van der Waals surface area contributed by atoms with Crippen molar-refractivity contribution in [2.75, 3.05) is 11.4 Å². The van der Waals surface area contributed by atoms with Gasteiger partial charge in [0.25, 0.3) is 0 Å². The molecule has 15 heavy (non-hydrogen) atoms. The molecule has 1 N–H and O–H groups in total. The number of carbonyl (C=O) groups is 1. The van der Waals surface area contributed by atoms with Crippen molar-refractivity contribution < 1.29 is 9.90 Å². The standard InChI is InChI=1S/C11H16N2O2/c1-4-13(8(2)3)9-6-5-7-12-10(9)11(14)15/h5-8H,4H2,1-3H3,(H,14,15). The number of carboxylic acid groups (broad SMARTS) is 1. The molecule has 4 nitrogen and oxygen atoms in total. The Kier molecular flexibility index (Phi) is 3.66. The largest absolute Gasteiger partial charge is 0.476 e. The van der Waals surface area contributed by atoms with E-state index >= 15 is 0 Å². The van der Waals surface area contributed by atoms with E-state index in [1.165, 1.54) is 6.20 Å². The molecule has 0 atom stereocenters. The minimum Gasteiger partial charge on any atom is -0.476 e. The molecule has 0 fully saturated rings. The Hall–Kier alpha value is -1.58. The molecule has 4 heteroatoms. The number of rotatable bonds is 4. The van der Waals surface area contributed by atoms with Gasteiger partial charge in [0.2, 0.25) is 0 Å². The molecule has 1 aromatic heterocycles. The van der Waals surface area contributed by atoms with E-state index in [-0.39, 0.29) is 11.7 Å². The number of pyridine rings is 1. The highest BCUT2D eigenvalue weighted by Crippen LogP contribution is 2.20. The predicted octanol–water partition coefficient (Wildman–Crippen LogP) is 2.01. The quantitative estimate of drug-likeness (QED) is 0.822. The third kappa shape index (κ3) is 2.46. The summed E-state index contributed by atoms with van der Waals surface area (Å²) in [6, 6.07) is 3.81. The Morgan fingerprint density at radius 1 is 1.60 bits per heavy atom. The fourth-order valence-corrected chi connectivity index (χ4v) is 1.61. The summed E-state index contributed by atoms with van der Waals surface area (Å²) in [4.78, 5) is 16.9. The molecule has 0 radical (unpaired) electrons. The summed E-state index contributed by atoms with van der Waals surface area (Å²) in [5, 5.41) is 9.00. The summed E-state index contributed by atoms with van der Waals surface area (Å²) in [6.07, 6.45) is 1.50. The van der Waals surface area contributed by atoms with Crippen molar-refractivity contribution in [2.45, 2.75) is 26.8 Å². The lowest BCUT2D eigenvalue weighted by Gasteiger charge is -2.28. The van der Waals surface area contributed by atoms with Gasteiger partial charge in [-0.05, 0) is 32.9 Å². The molecule has 0 spiro atoms. The van der Waals surface area contributed by atoms with Crippen molar-refractivity contribution in [1.29, 1.82) is 0 Å². The molecule has 82 valence electrons. The van der Waals surface area contributed by atoms with E-state index in [9.17, 15) is 4.79 Å². The number of nitrogens with zero attached hydrogens (tertiary/aromatic N) is 2. The van der Waals surface area contributed by atoms with Crippen LogP contribution in [0.1, 0.15) is 31.3 Å². The van der Waals surface area contributed by atoms with Crippen molar-refractivity contribution in [3.63, 3.8) is 0 Å². The molecule has 1 heterocycles. The van der Waals surface area contributed by atoms with Crippen LogP contribution < -0.4 is 4.90 Å². The SMILES string of the molecule is CCN(c1cccnc1C(=O)O)C(C)C. The Morgan fingerprint density at radius 3 is 2.73 bits per heavy atom. The smallest absolute Gasteiger partial charge is 0.356 e. The van der Waals surface area contributed by atoms with Gasteiger partial charge in [-0.2, -0.15) is 0 Å². The summed E-state index contributed by atoms with van der Waals surface area (Å²) < 4.78 is 0. The zero-order valence-electron chi connectivity index (χ0n) is 9.27. The van der Waals surface area contributed by atoms with Crippen LogP contribution >= 0.6 is 0 Å². The van der Waals surface area contributed by atoms with Gasteiger partial charge in [0.05, 0.1) is 5.69 Å². The van der Waals surface area contributed by atoms with Gasteiger partial charge in [-0.3, -0.25) is 0 Å². The van der Waals surface area contributed by atoms with E-state index in [0.29, 0.717) is 5.69 Å². The lowest BCUT2D eigenvalue weighted by atomic mass is 10.2. The van der Waals surface area contributed by atoms with Gasteiger partial charge in [0.1, 0.15) is 0 Å². The molecule has 1 rings (SSSR count). The lowest BCUT2D eigenvalue weighted by molar-refractivity contribution is 0.0691. The molecule has 0 aliphatic heterocycles. The van der Waals surface area contributed by atoms with E-state index in [0.717, 1.165) is 6.54 Å². The molecule has 0 amide bonds. The van der Waals surface area contributed by atoms with Crippen molar-refractivity contribution in [3.05, 3.63) is 24.0 Å². The van der Waals surface area contributed by atoms with Gasteiger partial charge in [-0.15, -0.1) is 0 Å². The maximum atomic E-state index is 11.0. The maximum absolute atomic E-state index is 11.0. The highest BCUT2D eigenvalue weighted by molar-refractivity contribution is 5.92. The first-order chi connectivity index (χ1) is 7.07. The number of aromatic carboxylic acids is 1. The fraction of sp³-hybridized carbons (Fsp3) is 0.455. The van der Waals surface area contributed by atoms with Crippen LogP contribution in [0.2, 0.25) is 0 Å². The zero-order chi connectivity index (χ0) is 11.4. The number of aromatic nitrogens is 1. The second-order valence-electron chi connectivity index (χ2n) is 3.56. The van der Waals surface area contributed by atoms with Crippen LogP contribution in [0.3, 0.4) is 0 Å². The number of anilines is 1. The zero-order valence-corrected chi connectivity index (χ0v) is 9.27. The highest BCUT2D eigenvalue weighted by Gasteiger charge is 2.17. The van der Waals surface area contributed by atoms with Gasteiger partial charge in [0, 0.05) is 18.8 Å². The average molecular weight is 208 g/mol. The first-order valence-electron chi connectivity index (χ1n) is 5.02. The van der Waals surface area contributed by atoms with Crippen LogP contribution in [0.5, 0.6) is 0 Å². The van der Waals surface area contributed by atoms with Crippen LogP contribution in [0.15, 0.2) is 18.3 Å². The third-order valence-corrected chi connectivity index (χ3v) is 2.26. The van der Waals surface area contributed by atoms with Crippen LogP contribution in [-0.4, -0.2) is 28.6 Å². The van der Waals surface area contributed by atoms with Crippen LogP contribution in [0.25, 0.3) is 0 Å². The molecule has 0 bridgehead atoms. The number of hydrogen-bond acceptors (Lipinski definition) is 3. The minimum atomic E-state index is -0.982.